The van der Waals surface area contributed by atoms with Crippen LogP contribution in [0.5, 0.6) is 0 Å². The van der Waals surface area contributed by atoms with Gasteiger partial charge in [0.15, 0.2) is 0 Å². The van der Waals surface area contributed by atoms with E-state index in [0.29, 0.717) is 0 Å². The van der Waals surface area contributed by atoms with Crippen molar-refractivity contribution in [3.8, 4) is 0 Å². The normalized spacial score (nSPS) is 11.9. The van der Waals surface area contributed by atoms with Crippen LogP contribution in [0, 0.1) is 0 Å². The molecule has 0 saturated heterocycles. The first kappa shape index (κ1) is 10.9. The van der Waals surface area contributed by atoms with Gasteiger partial charge in [0.1, 0.15) is 5.82 Å². The molecule has 4 nitrogen and oxygen atoms in total. The molecule has 16 heavy (non-hydrogen) atoms. The van der Waals surface area contributed by atoms with Crippen LogP contribution in [0.4, 0.5) is 0 Å². The first-order chi connectivity index (χ1) is 7.57. The molecular weight excluding hydrogens is 200 g/mol. The van der Waals surface area contributed by atoms with Crippen molar-refractivity contribution in [3.05, 3.63) is 36.7 Å². The number of aryl methyl sites for hydroxylation is 2. The van der Waals surface area contributed by atoms with Crippen molar-refractivity contribution < 1.29 is 0 Å². The van der Waals surface area contributed by atoms with E-state index in [2.05, 4.69) is 35.4 Å². The zero-order chi connectivity index (χ0) is 11.6. The third kappa shape index (κ3) is 2.32. The fraction of sp³-hybridized carbons (Fsp3) is 0.500. The lowest BCUT2D eigenvalue weighted by Gasteiger charge is -2.19. The van der Waals surface area contributed by atoms with Crippen LogP contribution in [0.25, 0.3) is 0 Å². The molecule has 0 aromatic carbocycles. The van der Waals surface area contributed by atoms with Gasteiger partial charge in [0.25, 0.3) is 0 Å². The molecule has 0 amide bonds. The average molecular weight is 218 g/mol. The lowest BCUT2D eigenvalue weighted by Crippen LogP contribution is -2.20. The first-order valence-electron chi connectivity index (χ1n) is 5.56. The second-order valence-electron chi connectivity index (χ2n) is 4.96. The zero-order valence-electron chi connectivity index (χ0n) is 10.1. The third-order valence-corrected chi connectivity index (χ3v) is 2.52. The maximum Gasteiger partial charge on any atom is 0.114 e. The Morgan fingerprint density at radius 1 is 1.12 bits per heavy atom. The second-order valence-corrected chi connectivity index (χ2v) is 4.96. The molecule has 2 aromatic rings. The van der Waals surface area contributed by atoms with Gasteiger partial charge >= 0.3 is 0 Å². The van der Waals surface area contributed by atoms with Gasteiger partial charge in [-0.25, -0.2) is 4.98 Å². The highest BCUT2D eigenvalue weighted by molar-refractivity contribution is 5.04. The molecule has 4 heteroatoms. The Labute approximate surface area is 95.9 Å². The summed E-state index contributed by atoms with van der Waals surface area (Å²) < 4.78 is 4.13. The molecule has 2 aromatic heterocycles. The Bertz CT molecular complexity index is 434. The summed E-state index contributed by atoms with van der Waals surface area (Å²) in [4.78, 5) is 4.42. The van der Waals surface area contributed by atoms with E-state index >= 15 is 0 Å². The summed E-state index contributed by atoms with van der Waals surface area (Å²) in [5.74, 6) is 1.12. The van der Waals surface area contributed by atoms with E-state index in [-0.39, 0.29) is 5.41 Å². The number of aromatic nitrogens is 4. The van der Waals surface area contributed by atoms with Crippen molar-refractivity contribution in [3.63, 3.8) is 0 Å². The molecule has 0 bridgehead atoms. The summed E-state index contributed by atoms with van der Waals surface area (Å²) in [5.41, 5.74) is 0.0909. The highest BCUT2D eigenvalue weighted by Crippen LogP contribution is 2.19. The van der Waals surface area contributed by atoms with Gasteiger partial charge in [-0.2, -0.15) is 5.10 Å². The molecule has 0 aliphatic rings. The van der Waals surface area contributed by atoms with E-state index in [0.717, 1.165) is 18.9 Å². The van der Waals surface area contributed by atoms with Crippen LogP contribution in [0.1, 0.15) is 26.6 Å². The summed E-state index contributed by atoms with van der Waals surface area (Å²) in [6, 6.07) is 1.94. The number of imidazole rings is 1. The quantitative estimate of drug-likeness (QED) is 0.790. The Kier molecular flexibility index (Phi) is 2.81. The van der Waals surface area contributed by atoms with Crippen LogP contribution in [-0.2, 0) is 18.5 Å². The van der Waals surface area contributed by atoms with E-state index in [1.54, 1.807) is 6.20 Å². The maximum atomic E-state index is 4.42. The fourth-order valence-electron chi connectivity index (χ4n) is 1.78. The van der Waals surface area contributed by atoms with Gasteiger partial charge in [-0.1, -0.05) is 20.8 Å². The summed E-state index contributed by atoms with van der Waals surface area (Å²) in [7, 11) is 0. The van der Waals surface area contributed by atoms with Gasteiger partial charge < -0.3 is 4.57 Å². The Morgan fingerprint density at radius 2 is 1.94 bits per heavy atom. The molecule has 0 saturated carbocycles. The Balaban J connectivity index is 2.08. The van der Waals surface area contributed by atoms with Gasteiger partial charge in [0.2, 0.25) is 0 Å². The van der Waals surface area contributed by atoms with Crippen molar-refractivity contribution in [1.29, 1.82) is 0 Å². The number of hydrogen-bond acceptors (Lipinski definition) is 2. The standard InChI is InChI=1S/C12H18N4/c1-12(2,3)11-13-6-8-15(11)9-10-16-7-4-5-14-16/h4-8H,9-10H2,1-3H3. The Hall–Kier alpha value is -1.58. The molecule has 0 aliphatic carbocycles. The van der Waals surface area contributed by atoms with E-state index in [1.807, 2.05) is 29.3 Å². The van der Waals surface area contributed by atoms with Crippen molar-refractivity contribution in [1.82, 2.24) is 19.3 Å². The predicted octanol–water partition coefficient (Wildman–Crippen LogP) is 2.08. The molecule has 2 rings (SSSR count). The lowest BCUT2D eigenvalue weighted by atomic mass is 9.96. The van der Waals surface area contributed by atoms with Crippen LogP contribution in [0.2, 0.25) is 0 Å². The molecule has 0 atom stereocenters. The summed E-state index contributed by atoms with van der Waals surface area (Å²) >= 11 is 0. The van der Waals surface area contributed by atoms with E-state index < -0.39 is 0 Å². The van der Waals surface area contributed by atoms with Gasteiger partial charge in [-0.15, -0.1) is 0 Å². The molecular formula is C12H18N4. The summed E-state index contributed by atoms with van der Waals surface area (Å²) in [6.07, 6.45) is 7.68. The average Bonchev–Trinajstić information content (AvgIpc) is 2.85. The minimum Gasteiger partial charge on any atom is -0.333 e. The van der Waals surface area contributed by atoms with Crippen molar-refractivity contribution in [2.45, 2.75) is 39.3 Å². The number of nitrogens with zero attached hydrogens (tertiary/aromatic N) is 4. The van der Waals surface area contributed by atoms with Crippen molar-refractivity contribution in [2.24, 2.45) is 0 Å². The largest absolute Gasteiger partial charge is 0.333 e. The van der Waals surface area contributed by atoms with Crippen molar-refractivity contribution >= 4 is 0 Å². The lowest BCUT2D eigenvalue weighted by molar-refractivity contribution is 0.464. The second kappa shape index (κ2) is 4.12. The van der Waals surface area contributed by atoms with Crippen LogP contribution in [0.15, 0.2) is 30.9 Å². The fourth-order valence-corrected chi connectivity index (χ4v) is 1.78. The minimum absolute atomic E-state index is 0.0909. The van der Waals surface area contributed by atoms with Crippen LogP contribution >= 0.6 is 0 Å². The third-order valence-electron chi connectivity index (χ3n) is 2.52. The summed E-state index contributed by atoms with van der Waals surface area (Å²) in [6.45, 7) is 8.33. The predicted molar refractivity (Wildman–Crippen MR) is 63.2 cm³/mol. The minimum atomic E-state index is 0.0909. The molecule has 0 N–H and O–H groups in total. The van der Waals surface area contributed by atoms with E-state index in [1.165, 1.54) is 0 Å². The molecule has 0 unspecified atom stereocenters. The molecule has 0 radical (unpaired) electrons. The molecule has 86 valence electrons. The highest BCUT2D eigenvalue weighted by atomic mass is 15.3. The Morgan fingerprint density at radius 3 is 2.56 bits per heavy atom. The van der Waals surface area contributed by atoms with E-state index in [9.17, 15) is 0 Å². The smallest absolute Gasteiger partial charge is 0.114 e. The van der Waals surface area contributed by atoms with Gasteiger partial charge in [0.05, 0.1) is 6.54 Å². The highest BCUT2D eigenvalue weighted by Gasteiger charge is 2.19. The topological polar surface area (TPSA) is 35.6 Å². The van der Waals surface area contributed by atoms with Crippen LogP contribution in [-0.4, -0.2) is 19.3 Å². The van der Waals surface area contributed by atoms with E-state index in [4.69, 9.17) is 0 Å². The van der Waals surface area contributed by atoms with Gasteiger partial charge in [-0.05, 0) is 6.07 Å². The number of hydrogen-bond donors (Lipinski definition) is 0. The molecule has 0 spiro atoms. The van der Waals surface area contributed by atoms with Gasteiger partial charge in [-0.3, -0.25) is 4.68 Å². The molecule has 2 heterocycles. The monoisotopic (exact) mass is 218 g/mol. The van der Waals surface area contributed by atoms with Crippen LogP contribution in [0.3, 0.4) is 0 Å². The number of rotatable bonds is 3. The molecule has 0 aliphatic heterocycles. The summed E-state index contributed by atoms with van der Waals surface area (Å²) in [5, 5.41) is 4.19. The van der Waals surface area contributed by atoms with Crippen molar-refractivity contribution in [2.75, 3.05) is 0 Å². The molecule has 0 fully saturated rings. The zero-order valence-corrected chi connectivity index (χ0v) is 10.1. The SMILES string of the molecule is CC(C)(C)c1nccn1CCn1cccn1. The van der Waals surface area contributed by atoms with Gasteiger partial charge in [0, 0.05) is 36.7 Å². The van der Waals surface area contributed by atoms with Crippen LogP contribution < -0.4 is 0 Å². The maximum absolute atomic E-state index is 4.42. The first-order valence-corrected chi connectivity index (χ1v) is 5.56.